The fourth-order valence-corrected chi connectivity index (χ4v) is 4.29. The Hall–Kier alpha value is -2.34. The van der Waals surface area contributed by atoms with Crippen LogP contribution in [0.5, 0.6) is 5.75 Å². The molecule has 0 bridgehead atoms. The van der Waals surface area contributed by atoms with Crippen molar-refractivity contribution >= 4 is 5.91 Å². The number of ether oxygens (including phenoxy) is 2. The summed E-state index contributed by atoms with van der Waals surface area (Å²) in [7, 11) is 1.68. The van der Waals surface area contributed by atoms with Crippen molar-refractivity contribution in [1.29, 1.82) is 0 Å². The summed E-state index contributed by atoms with van der Waals surface area (Å²) in [5, 5.41) is 7.37. The number of aromatic amines is 1. The van der Waals surface area contributed by atoms with Crippen molar-refractivity contribution in [1.82, 2.24) is 15.1 Å². The highest BCUT2D eigenvalue weighted by molar-refractivity contribution is 5.94. The van der Waals surface area contributed by atoms with E-state index in [1.54, 1.807) is 7.11 Å². The van der Waals surface area contributed by atoms with E-state index >= 15 is 0 Å². The summed E-state index contributed by atoms with van der Waals surface area (Å²) >= 11 is 0. The molecule has 2 aliphatic heterocycles. The zero-order chi connectivity index (χ0) is 19.0. The number of fused-ring (bicyclic) bond motifs is 1. The molecule has 2 atom stereocenters. The molecule has 0 spiro atoms. The first-order valence-electron chi connectivity index (χ1n) is 9.72. The second kappa shape index (κ2) is 7.35. The van der Waals surface area contributed by atoms with Gasteiger partial charge in [0.15, 0.2) is 5.69 Å². The SMILES string of the molecule is COc1ccc(C2CCN(C(=O)c3n[nH]c4c3C[C@H](C)O[C@@H]4C)CC2)cc1. The molecule has 6 heteroatoms. The van der Waals surface area contributed by atoms with Crippen molar-refractivity contribution < 1.29 is 14.3 Å². The molecule has 4 rings (SSSR count). The number of likely N-dealkylation sites (tertiary alicyclic amines) is 1. The summed E-state index contributed by atoms with van der Waals surface area (Å²) in [4.78, 5) is 15.0. The molecule has 0 unspecified atom stereocenters. The Balaban J connectivity index is 1.43. The van der Waals surface area contributed by atoms with E-state index in [0.29, 0.717) is 11.6 Å². The van der Waals surface area contributed by atoms with Gasteiger partial charge in [0, 0.05) is 25.1 Å². The highest BCUT2D eigenvalue weighted by Crippen LogP contribution is 2.33. The van der Waals surface area contributed by atoms with Gasteiger partial charge in [0.2, 0.25) is 0 Å². The molecule has 27 heavy (non-hydrogen) atoms. The van der Waals surface area contributed by atoms with E-state index in [1.807, 2.05) is 30.9 Å². The van der Waals surface area contributed by atoms with Gasteiger partial charge in [0.1, 0.15) is 5.75 Å². The second-order valence-electron chi connectivity index (χ2n) is 7.60. The minimum atomic E-state index is -0.0430. The summed E-state index contributed by atoms with van der Waals surface area (Å²) in [6, 6.07) is 8.28. The van der Waals surface area contributed by atoms with Gasteiger partial charge >= 0.3 is 0 Å². The van der Waals surface area contributed by atoms with E-state index in [1.165, 1.54) is 5.56 Å². The number of nitrogens with one attached hydrogen (secondary N) is 1. The summed E-state index contributed by atoms with van der Waals surface area (Å²) < 4.78 is 11.1. The van der Waals surface area contributed by atoms with Crippen LogP contribution < -0.4 is 4.74 Å². The maximum absolute atomic E-state index is 13.1. The van der Waals surface area contributed by atoms with Crippen LogP contribution in [0.1, 0.15) is 66.0 Å². The van der Waals surface area contributed by atoms with Crippen LogP contribution >= 0.6 is 0 Å². The first-order valence-corrected chi connectivity index (χ1v) is 9.72. The van der Waals surface area contributed by atoms with Crippen LogP contribution in [0.3, 0.4) is 0 Å². The van der Waals surface area contributed by atoms with Crippen LogP contribution in [0.2, 0.25) is 0 Å². The standard InChI is InChI=1S/C21H27N3O3/c1-13-12-18-19(14(2)27-13)22-23-20(18)21(25)24-10-8-16(9-11-24)15-4-6-17(26-3)7-5-15/h4-7,13-14,16H,8-12H2,1-3H3,(H,22,23)/t13-,14+/m0/s1. The molecular weight excluding hydrogens is 342 g/mol. The Morgan fingerprint density at radius 2 is 1.93 bits per heavy atom. The molecule has 0 radical (unpaired) electrons. The Bertz CT molecular complexity index is 807. The molecule has 1 N–H and O–H groups in total. The topological polar surface area (TPSA) is 67.5 Å². The zero-order valence-electron chi connectivity index (χ0n) is 16.2. The maximum atomic E-state index is 13.1. The number of carbonyl (C=O) groups is 1. The monoisotopic (exact) mass is 369 g/mol. The largest absolute Gasteiger partial charge is 0.497 e. The highest BCUT2D eigenvalue weighted by Gasteiger charge is 2.32. The Kier molecular flexibility index (Phi) is 4.91. The third-order valence-electron chi connectivity index (χ3n) is 5.81. The van der Waals surface area contributed by atoms with Crippen LogP contribution in [-0.4, -0.2) is 47.3 Å². The molecule has 1 amide bonds. The van der Waals surface area contributed by atoms with Gasteiger partial charge in [0.05, 0.1) is 25.0 Å². The number of methoxy groups -OCH3 is 1. The molecule has 2 aromatic rings. The van der Waals surface area contributed by atoms with Gasteiger partial charge in [-0.2, -0.15) is 5.10 Å². The maximum Gasteiger partial charge on any atom is 0.274 e. The molecule has 2 aliphatic rings. The normalized spacial score (nSPS) is 23.1. The molecule has 144 valence electrons. The second-order valence-corrected chi connectivity index (χ2v) is 7.60. The molecule has 1 aromatic heterocycles. The number of nitrogens with zero attached hydrogens (tertiary/aromatic N) is 2. The number of rotatable bonds is 3. The number of amides is 1. The Labute approximate surface area is 159 Å². The predicted octanol–water partition coefficient (Wildman–Crippen LogP) is 3.46. The quantitative estimate of drug-likeness (QED) is 0.900. The molecule has 1 saturated heterocycles. The van der Waals surface area contributed by atoms with Gasteiger partial charge in [-0.1, -0.05) is 12.1 Å². The molecule has 6 nitrogen and oxygen atoms in total. The Morgan fingerprint density at radius 1 is 1.22 bits per heavy atom. The minimum absolute atomic E-state index is 0.0430. The van der Waals surface area contributed by atoms with Crippen LogP contribution in [0.4, 0.5) is 0 Å². The minimum Gasteiger partial charge on any atom is -0.497 e. The van der Waals surface area contributed by atoms with Gasteiger partial charge < -0.3 is 14.4 Å². The number of piperidine rings is 1. The van der Waals surface area contributed by atoms with E-state index < -0.39 is 0 Å². The van der Waals surface area contributed by atoms with Crippen LogP contribution in [-0.2, 0) is 11.2 Å². The van der Waals surface area contributed by atoms with E-state index in [9.17, 15) is 4.79 Å². The first kappa shape index (κ1) is 18.0. The van der Waals surface area contributed by atoms with Crippen molar-refractivity contribution in [2.45, 2.75) is 51.2 Å². The fourth-order valence-electron chi connectivity index (χ4n) is 4.29. The van der Waals surface area contributed by atoms with Crippen molar-refractivity contribution in [3.8, 4) is 5.75 Å². The fraction of sp³-hybridized carbons (Fsp3) is 0.524. The van der Waals surface area contributed by atoms with E-state index in [0.717, 1.165) is 49.4 Å². The van der Waals surface area contributed by atoms with Gasteiger partial charge in [0.25, 0.3) is 5.91 Å². The lowest BCUT2D eigenvalue weighted by Crippen LogP contribution is -2.38. The molecule has 1 fully saturated rings. The van der Waals surface area contributed by atoms with Gasteiger partial charge in [-0.15, -0.1) is 0 Å². The lowest BCUT2D eigenvalue weighted by Gasteiger charge is -2.32. The van der Waals surface area contributed by atoms with Crippen molar-refractivity contribution in [2.24, 2.45) is 0 Å². The van der Waals surface area contributed by atoms with Crippen molar-refractivity contribution in [3.63, 3.8) is 0 Å². The highest BCUT2D eigenvalue weighted by atomic mass is 16.5. The van der Waals surface area contributed by atoms with Crippen LogP contribution in [0, 0.1) is 0 Å². The van der Waals surface area contributed by atoms with Crippen molar-refractivity contribution in [2.75, 3.05) is 20.2 Å². The third-order valence-corrected chi connectivity index (χ3v) is 5.81. The smallest absolute Gasteiger partial charge is 0.274 e. The predicted molar refractivity (Wildman–Crippen MR) is 102 cm³/mol. The average Bonchev–Trinajstić information content (AvgIpc) is 3.12. The third kappa shape index (κ3) is 3.46. The first-order chi connectivity index (χ1) is 13.1. The van der Waals surface area contributed by atoms with Gasteiger partial charge in [-0.05, 0) is 50.3 Å². The van der Waals surface area contributed by atoms with E-state index in [2.05, 4.69) is 22.3 Å². The molecular formula is C21H27N3O3. The lowest BCUT2D eigenvalue weighted by atomic mass is 9.89. The van der Waals surface area contributed by atoms with Crippen LogP contribution in [0.25, 0.3) is 0 Å². The Morgan fingerprint density at radius 3 is 2.59 bits per heavy atom. The summed E-state index contributed by atoms with van der Waals surface area (Å²) in [5.41, 5.74) is 3.88. The number of aromatic nitrogens is 2. The number of H-pyrrole nitrogens is 1. The average molecular weight is 369 g/mol. The molecule has 3 heterocycles. The summed E-state index contributed by atoms with van der Waals surface area (Å²) in [5.74, 6) is 1.41. The number of hydrogen-bond acceptors (Lipinski definition) is 4. The number of benzene rings is 1. The summed E-state index contributed by atoms with van der Waals surface area (Å²) in [6.07, 6.45) is 2.75. The summed E-state index contributed by atoms with van der Waals surface area (Å²) in [6.45, 7) is 5.57. The lowest BCUT2D eigenvalue weighted by molar-refractivity contribution is -0.00703. The van der Waals surface area contributed by atoms with Crippen LogP contribution in [0.15, 0.2) is 24.3 Å². The van der Waals surface area contributed by atoms with Gasteiger partial charge in [-0.25, -0.2) is 0 Å². The van der Waals surface area contributed by atoms with Gasteiger partial charge in [-0.3, -0.25) is 9.89 Å². The van der Waals surface area contributed by atoms with Crippen molar-refractivity contribution in [3.05, 3.63) is 46.8 Å². The molecule has 1 aromatic carbocycles. The number of carbonyl (C=O) groups excluding carboxylic acids is 1. The van der Waals surface area contributed by atoms with E-state index in [4.69, 9.17) is 9.47 Å². The number of hydrogen-bond donors (Lipinski definition) is 1. The molecule has 0 aliphatic carbocycles. The van der Waals surface area contributed by atoms with E-state index in [-0.39, 0.29) is 18.1 Å². The zero-order valence-corrected chi connectivity index (χ0v) is 16.2. The molecule has 0 saturated carbocycles.